The molecule has 5 heterocycles. The van der Waals surface area contributed by atoms with Crippen molar-refractivity contribution < 1.29 is 0 Å². The highest BCUT2D eigenvalue weighted by molar-refractivity contribution is 5.97. The van der Waals surface area contributed by atoms with Gasteiger partial charge in [0.25, 0.3) is 0 Å². The van der Waals surface area contributed by atoms with Gasteiger partial charge in [-0.25, -0.2) is 15.0 Å². The van der Waals surface area contributed by atoms with E-state index < -0.39 is 0 Å². The quantitative estimate of drug-likeness (QED) is 0.391. The van der Waals surface area contributed by atoms with Crippen molar-refractivity contribution in [2.45, 2.75) is 25.3 Å². The van der Waals surface area contributed by atoms with Crippen molar-refractivity contribution in [2.24, 2.45) is 18.2 Å². The van der Waals surface area contributed by atoms with Crippen LogP contribution in [-0.4, -0.2) is 37.0 Å². The summed E-state index contributed by atoms with van der Waals surface area (Å²) in [5.41, 5.74) is 14.4. The fourth-order valence-electron chi connectivity index (χ4n) is 6.37. The normalized spacial score (nSPS) is 18.7. The molecular formula is C29H27N7. The van der Waals surface area contributed by atoms with Crippen molar-refractivity contribution in [1.29, 1.82) is 0 Å². The predicted molar refractivity (Wildman–Crippen MR) is 142 cm³/mol. The largest absolute Gasteiger partial charge is 0.342 e. The molecule has 2 aliphatic rings. The van der Waals surface area contributed by atoms with Crippen LogP contribution in [0.15, 0.2) is 61.3 Å². The lowest BCUT2D eigenvalue weighted by atomic mass is 9.73. The summed E-state index contributed by atoms with van der Waals surface area (Å²) in [6, 6.07) is 10.4. The first kappa shape index (κ1) is 21.2. The third-order valence-corrected chi connectivity index (χ3v) is 8.32. The summed E-state index contributed by atoms with van der Waals surface area (Å²) in [5.74, 6) is 3.69. The zero-order valence-corrected chi connectivity index (χ0v) is 20.2. The van der Waals surface area contributed by atoms with Crippen molar-refractivity contribution in [1.82, 2.24) is 23.9 Å². The second-order valence-electron chi connectivity index (χ2n) is 10.2. The average Bonchev–Trinajstić information content (AvgIpc) is 3.60. The van der Waals surface area contributed by atoms with Crippen molar-refractivity contribution in [3.63, 3.8) is 0 Å². The Morgan fingerprint density at radius 3 is 2.72 bits per heavy atom. The van der Waals surface area contributed by atoms with Crippen LogP contribution in [0.25, 0.3) is 27.8 Å². The summed E-state index contributed by atoms with van der Waals surface area (Å²) in [6.07, 6.45) is 18.4. The van der Waals surface area contributed by atoms with Crippen molar-refractivity contribution in [3.05, 3.63) is 78.0 Å². The van der Waals surface area contributed by atoms with E-state index in [9.17, 15) is 0 Å². The van der Waals surface area contributed by atoms with E-state index in [1.165, 1.54) is 11.1 Å². The summed E-state index contributed by atoms with van der Waals surface area (Å²) < 4.78 is 4.17. The Morgan fingerprint density at radius 1 is 1.06 bits per heavy atom. The number of nitrogens with zero attached hydrogens (tertiary/aromatic N) is 6. The van der Waals surface area contributed by atoms with E-state index in [1.807, 2.05) is 44.0 Å². The number of hydrogen-bond acceptors (Lipinski definition) is 5. The van der Waals surface area contributed by atoms with E-state index in [-0.39, 0.29) is 11.5 Å². The minimum atomic E-state index is 0.0463. The SMILES string of the molecule is C#Cc1ccc2c(c1)CC1(CCN(c3ncc(-c4cn(C)c5ncccc45)c4nccn34)CC1)[C@@H]2N. The molecule has 1 fully saturated rings. The molecule has 2 N–H and O–H groups in total. The van der Waals surface area contributed by atoms with Gasteiger partial charge in [-0.1, -0.05) is 12.0 Å². The molecule has 0 unspecified atom stereocenters. The molecule has 0 bridgehead atoms. The number of anilines is 1. The van der Waals surface area contributed by atoms with Crippen LogP contribution < -0.4 is 10.6 Å². The molecule has 36 heavy (non-hydrogen) atoms. The van der Waals surface area contributed by atoms with Gasteiger partial charge in [-0.05, 0) is 60.1 Å². The lowest BCUT2D eigenvalue weighted by Crippen LogP contribution is -2.45. The third kappa shape index (κ3) is 2.94. The third-order valence-electron chi connectivity index (χ3n) is 8.32. The molecule has 7 heteroatoms. The zero-order valence-electron chi connectivity index (χ0n) is 20.2. The fraction of sp³-hybridized carbons (Fsp3) is 0.276. The first-order chi connectivity index (χ1) is 17.6. The van der Waals surface area contributed by atoms with Crippen LogP contribution >= 0.6 is 0 Å². The first-order valence-corrected chi connectivity index (χ1v) is 12.4. The lowest BCUT2D eigenvalue weighted by Gasteiger charge is -2.42. The zero-order chi connectivity index (χ0) is 24.4. The molecule has 0 saturated carbocycles. The molecule has 1 aromatic carbocycles. The van der Waals surface area contributed by atoms with Crippen molar-refractivity contribution >= 4 is 22.6 Å². The van der Waals surface area contributed by atoms with E-state index in [1.54, 1.807) is 0 Å². The summed E-state index contributed by atoms with van der Waals surface area (Å²) in [7, 11) is 2.02. The van der Waals surface area contributed by atoms with Crippen molar-refractivity contribution in [3.8, 4) is 23.5 Å². The van der Waals surface area contributed by atoms with Crippen molar-refractivity contribution in [2.75, 3.05) is 18.0 Å². The Hall–Kier alpha value is -4.15. The fourth-order valence-corrected chi connectivity index (χ4v) is 6.37. The van der Waals surface area contributed by atoms with Gasteiger partial charge in [-0.2, -0.15) is 0 Å². The van der Waals surface area contributed by atoms with E-state index in [0.29, 0.717) is 0 Å². The second-order valence-corrected chi connectivity index (χ2v) is 10.2. The molecule has 5 aromatic rings. The predicted octanol–water partition coefficient (Wildman–Crippen LogP) is 4.11. The highest BCUT2D eigenvalue weighted by Gasteiger charge is 2.46. The number of aromatic nitrogens is 5. The Bertz CT molecular complexity index is 1680. The van der Waals surface area contributed by atoms with Gasteiger partial charge in [0.1, 0.15) is 11.3 Å². The standard InChI is InChI=1S/C29H27N7/c1-3-19-6-7-21-20(15-19)16-29(25(21)30)8-12-35(13-9-29)28-33-17-23(27-32-11-14-36(27)28)24-18-34(2)26-22(24)5-4-10-31-26/h1,4-7,10-11,14-15,17-18,25H,8-9,12-13,16,30H2,2H3/t25-/m1/s1. The van der Waals surface area contributed by atoms with E-state index in [2.05, 4.69) is 49.2 Å². The molecule has 1 atom stereocenters. The summed E-state index contributed by atoms with van der Waals surface area (Å²) in [6.45, 7) is 1.81. The highest BCUT2D eigenvalue weighted by atomic mass is 15.3. The van der Waals surface area contributed by atoms with Gasteiger partial charge in [0.15, 0.2) is 0 Å². The lowest BCUT2D eigenvalue weighted by molar-refractivity contribution is 0.187. The number of nitrogens with two attached hydrogens (primary N) is 1. The molecule has 1 saturated heterocycles. The number of aryl methyl sites for hydroxylation is 1. The van der Waals surface area contributed by atoms with Crippen LogP contribution in [0, 0.1) is 17.8 Å². The van der Waals surface area contributed by atoms with E-state index in [0.717, 1.165) is 71.7 Å². The molecule has 1 aliphatic heterocycles. The summed E-state index contributed by atoms with van der Waals surface area (Å²) in [4.78, 5) is 16.6. The second kappa shape index (κ2) is 7.67. The monoisotopic (exact) mass is 473 g/mol. The minimum Gasteiger partial charge on any atom is -0.342 e. The first-order valence-electron chi connectivity index (χ1n) is 12.4. The molecule has 0 amide bonds. The Balaban J connectivity index is 1.20. The Kier molecular flexibility index (Phi) is 4.51. The average molecular weight is 474 g/mol. The van der Waals surface area contributed by atoms with Gasteiger partial charge >= 0.3 is 0 Å². The van der Waals surface area contributed by atoms with Crippen LogP contribution in [0.1, 0.15) is 35.6 Å². The molecule has 1 aliphatic carbocycles. The smallest absolute Gasteiger partial charge is 0.211 e. The summed E-state index contributed by atoms with van der Waals surface area (Å²) >= 11 is 0. The van der Waals surface area contributed by atoms with Crippen LogP contribution in [0.4, 0.5) is 5.95 Å². The Morgan fingerprint density at radius 2 is 1.89 bits per heavy atom. The minimum absolute atomic E-state index is 0.0463. The van der Waals surface area contributed by atoms with Crippen LogP contribution in [0.5, 0.6) is 0 Å². The molecule has 7 rings (SSSR count). The maximum atomic E-state index is 6.83. The molecule has 4 aromatic heterocycles. The highest BCUT2D eigenvalue weighted by Crippen LogP contribution is 2.51. The van der Waals surface area contributed by atoms with Gasteiger partial charge in [-0.15, -0.1) is 6.42 Å². The van der Waals surface area contributed by atoms with Crippen LogP contribution in [0.3, 0.4) is 0 Å². The number of benzene rings is 1. The van der Waals surface area contributed by atoms with E-state index >= 15 is 0 Å². The van der Waals surface area contributed by atoms with Gasteiger partial charge in [0.2, 0.25) is 5.95 Å². The van der Waals surface area contributed by atoms with E-state index in [4.69, 9.17) is 22.1 Å². The molecule has 178 valence electrons. The molecule has 7 nitrogen and oxygen atoms in total. The van der Waals surface area contributed by atoms with Crippen LogP contribution in [-0.2, 0) is 13.5 Å². The maximum absolute atomic E-state index is 6.83. The number of piperidine rings is 1. The number of pyridine rings is 1. The number of hydrogen-bond donors (Lipinski definition) is 1. The number of rotatable bonds is 2. The molecule has 0 radical (unpaired) electrons. The topological polar surface area (TPSA) is 77.3 Å². The van der Waals surface area contributed by atoms with Crippen LogP contribution in [0.2, 0.25) is 0 Å². The van der Waals surface area contributed by atoms with Gasteiger partial charge in [0.05, 0.1) is 0 Å². The number of fused-ring (bicyclic) bond motifs is 3. The molecule has 1 spiro atoms. The summed E-state index contributed by atoms with van der Waals surface area (Å²) in [5, 5.41) is 1.10. The number of terminal acetylenes is 1. The van der Waals surface area contributed by atoms with Gasteiger partial charge in [-0.3, -0.25) is 4.40 Å². The van der Waals surface area contributed by atoms with Gasteiger partial charge in [0, 0.05) is 79.2 Å². The van der Waals surface area contributed by atoms with Gasteiger partial charge < -0.3 is 15.2 Å². The number of imidazole rings is 1. The molecular weight excluding hydrogens is 446 g/mol. The Labute approximate surface area is 209 Å². The maximum Gasteiger partial charge on any atom is 0.211 e.